The highest BCUT2D eigenvalue weighted by atomic mass is 19.1. The number of halogens is 1. The molecule has 4 nitrogen and oxygen atoms in total. The highest BCUT2D eigenvalue weighted by Crippen LogP contribution is 2.08. The molecule has 0 fully saturated rings. The molecule has 0 radical (unpaired) electrons. The number of hydrogen-bond donors (Lipinski definition) is 2. The first-order chi connectivity index (χ1) is 9.08. The summed E-state index contributed by atoms with van der Waals surface area (Å²) in [7, 11) is 0. The lowest BCUT2D eigenvalue weighted by molar-refractivity contribution is 0.0949. The monoisotopic (exact) mass is 260 g/mol. The van der Waals surface area contributed by atoms with Crippen molar-refractivity contribution in [3.63, 3.8) is 0 Å². The summed E-state index contributed by atoms with van der Waals surface area (Å²) in [6.07, 6.45) is 2.79. The van der Waals surface area contributed by atoms with Gasteiger partial charge < -0.3 is 10.3 Å². The minimum Gasteiger partial charge on any atom is -0.367 e. The summed E-state index contributed by atoms with van der Waals surface area (Å²) in [4.78, 5) is 25.9. The van der Waals surface area contributed by atoms with Crippen LogP contribution in [0.15, 0.2) is 41.5 Å². The molecule has 0 bridgehead atoms. The number of aromatic amines is 1. The summed E-state index contributed by atoms with van der Waals surface area (Å²) < 4.78 is 13.3. The molecule has 0 aliphatic heterocycles. The van der Waals surface area contributed by atoms with E-state index in [-0.39, 0.29) is 23.4 Å². The van der Waals surface area contributed by atoms with Crippen LogP contribution in [0.1, 0.15) is 21.5 Å². The van der Waals surface area contributed by atoms with Gasteiger partial charge in [-0.25, -0.2) is 4.39 Å². The van der Waals surface area contributed by atoms with Crippen molar-refractivity contribution < 1.29 is 9.18 Å². The molecule has 0 aliphatic carbocycles. The van der Waals surface area contributed by atoms with Gasteiger partial charge in [0.05, 0.1) is 0 Å². The first-order valence-electron chi connectivity index (χ1n) is 5.78. The molecule has 0 saturated carbocycles. The molecule has 0 unspecified atom stereocenters. The van der Waals surface area contributed by atoms with Crippen LogP contribution in [-0.4, -0.2) is 10.9 Å². The second-order valence-corrected chi connectivity index (χ2v) is 4.19. The van der Waals surface area contributed by atoms with Crippen molar-refractivity contribution >= 4 is 5.91 Å². The van der Waals surface area contributed by atoms with Gasteiger partial charge in [-0.15, -0.1) is 0 Å². The lowest BCUT2D eigenvalue weighted by Crippen LogP contribution is -2.28. The van der Waals surface area contributed by atoms with Gasteiger partial charge in [-0.05, 0) is 24.1 Å². The van der Waals surface area contributed by atoms with Gasteiger partial charge in [0.25, 0.3) is 5.91 Å². The summed E-state index contributed by atoms with van der Waals surface area (Å²) >= 11 is 0. The third kappa shape index (κ3) is 3.07. The number of carbonyl (C=O) groups excluding carboxylic acids is 1. The Morgan fingerprint density at radius 1 is 1.37 bits per heavy atom. The van der Waals surface area contributed by atoms with Gasteiger partial charge in [0, 0.05) is 25.0 Å². The van der Waals surface area contributed by atoms with E-state index in [1.807, 2.05) is 0 Å². The molecule has 0 spiro atoms. The van der Waals surface area contributed by atoms with Gasteiger partial charge in [0.2, 0.25) is 0 Å². The smallest absolute Gasteiger partial charge is 0.257 e. The topological polar surface area (TPSA) is 62.0 Å². The van der Waals surface area contributed by atoms with Crippen LogP contribution >= 0.6 is 0 Å². The zero-order chi connectivity index (χ0) is 13.8. The van der Waals surface area contributed by atoms with Crippen molar-refractivity contribution in [1.29, 1.82) is 0 Å². The van der Waals surface area contributed by atoms with Gasteiger partial charge in [-0.2, -0.15) is 0 Å². The van der Waals surface area contributed by atoms with Gasteiger partial charge >= 0.3 is 0 Å². The Morgan fingerprint density at radius 3 is 2.84 bits per heavy atom. The maximum atomic E-state index is 13.3. The molecule has 1 aromatic heterocycles. The SMILES string of the molecule is Cc1ccc(CNC(=O)c2c[nH]ccc2=O)cc1F. The molecule has 2 rings (SSSR count). The van der Waals surface area contributed by atoms with Crippen molar-refractivity contribution in [2.24, 2.45) is 0 Å². The minimum atomic E-state index is -0.483. The predicted octanol–water partition coefficient (Wildman–Crippen LogP) is 1.75. The standard InChI is InChI=1S/C14H13FN2O2/c1-9-2-3-10(6-12(9)15)7-17-14(19)11-8-16-5-4-13(11)18/h2-6,8H,7H2,1H3,(H,16,18)(H,17,19). The molecule has 98 valence electrons. The molecule has 1 aromatic carbocycles. The Kier molecular flexibility index (Phi) is 3.75. The van der Waals surface area contributed by atoms with Gasteiger partial charge in [-0.1, -0.05) is 12.1 Å². The van der Waals surface area contributed by atoms with Crippen LogP contribution in [0, 0.1) is 12.7 Å². The number of amides is 1. The first kappa shape index (κ1) is 13.0. The number of pyridine rings is 1. The largest absolute Gasteiger partial charge is 0.367 e. The Balaban J connectivity index is 2.07. The molecule has 1 heterocycles. The number of aryl methyl sites for hydroxylation is 1. The molecular formula is C14H13FN2O2. The van der Waals surface area contributed by atoms with E-state index in [9.17, 15) is 14.0 Å². The van der Waals surface area contributed by atoms with Crippen LogP contribution in [0.2, 0.25) is 0 Å². The lowest BCUT2D eigenvalue weighted by atomic mass is 10.1. The maximum Gasteiger partial charge on any atom is 0.257 e. The average molecular weight is 260 g/mol. The number of benzene rings is 1. The Morgan fingerprint density at radius 2 is 2.16 bits per heavy atom. The van der Waals surface area contributed by atoms with E-state index in [1.54, 1.807) is 19.1 Å². The van der Waals surface area contributed by atoms with Crippen LogP contribution < -0.4 is 10.7 Å². The summed E-state index contributed by atoms with van der Waals surface area (Å²) in [5.74, 6) is -0.799. The maximum absolute atomic E-state index is 13.3. The second-order valence-electron chi connectivity index (χ2n) is 4.19. The lowest BCUT2D eigenvalue weighted by Gasteiger charge is -2.06. The van der Waals surface area contributed by atoms with Gasteiger partial charge in [-0.3, -0.25) is 9.59 Å². The minimum absolute atomic E-state index is 0.0371. The summed E-state index contributed by atoms with van der Waals surface area (Å²) in [6.45, 7) is 1.84. The van der Waals surface area contributed by atoms with Crippen molar-refractivity contribution in [2.45, 2.75) is 13.5 Å². The van der Waals surface area contributed by atoms with E-state index in [0.717, 1.165) is 0 Å². The molecule has 19 heavy (non-hydrogen) atoms. The molecule has 0 saturated heterocycles. The fraction of sp³-hybridized carbons (Fsp3) is 0.143. The number of aromatic nitrogens is 1. The zero-order valence-electron chi connectivity index (χ0n) is 10.4. The molecular weight excluding hydrogens is 247 g/mol. The van der Waals surface area contributed by atoms with Gasteiger partial charge in [0.1, 0.15) is 11.4 Å². The highest BCUT2D eigenvalue weighted by molar-refractivity contribution is 5.93. The molecule has 0 aliphatic rings. The highest BCUT2D eigenvalue weighted by Gasteiger charge is 2.09. The van der Waals surface area contributed by atoms with E-state index in [2.05, 4.69) is 10.3 Å². The molecule has 5 heteroatoms. The van der Waals surface area contributed by atoms with Crippen molar-refractivity contribution in [3.8, 4) is 0 Å². The third-order valence-electron chi connectivity index (χ3n) is 2.76. The Hall–Kier alpha value is -2.43. The average Bonchev–Trinajstić information content (AvgIpc) is 2.40. The van der Waals surface area contributed by atoms with Crippen LogP contribution in [0.4, 0.5) is 4.39 Å². The summed E-state index contributed by atoms with van der Waals surface area (Å²) in [6, 6.07) is 6.02. The normalized spacial score (nSPS) is 10.2. The quantitative estimate of drug-likeness (QED) is 0.883. The molecule has 2 aromatic rings. The van der Waals surface area contributed by atoms with Gasteiger partial charge in [0.15, 0.2) is 5.43 Å². The predicted molar refractivity (Wildman–Crippen MR) is 69.4 cm³/mol. The molecule has 1 amide bonds. The van der Waals surface area contributed by atoms with E-state index in [0.29, 0.717) is 11.1 Å². The number of carbonyl (C=O) groups is 1. The van der Waals surface area contributed by atoms with Crippen molar-refractivity contribution in [3.05, 3.63) is 69.4 Å². The number of rotatable bonds is 3. The van der Waals surface area contributed by atoms with E-state index in [4.69, 9.17) is 0 Å². The van der Waals surface area contributed by atoms with E-state index >= 15 is 0 Å². The molecule has 2 N–H and O–H groups in total. The summed E-state index contributed by atoms with van der Waals surface area (Å²) in [5, 5.41) is 2.58. The van der Waals surface area contributed by atoms with E-state index < -0.39 is 5.91 Å². The fourth-order valence-electron chi connectivity index (χ4n) is 1.62. The Labute approximate surface area is 109 Å². The van der Waals surface area contributed by atoms with Crippen LogP contribution in [0.5, 0.6) is 0 Å². The number of nitrogens with one attached hydrogen (secondary N) is 2. The third-order valence-corrected chi connectivity index (χ3v) is 2.76. The fourth-order valence-corrected chi connectivity index (χ4v) is 1.62. The zero-order valence-corrected chi connectivity index (χ0v) is 10.4. The van der Waals surface area contributed by atoms with Crippen LogP contribution in [0.25, 0.3) is 0 Å². The molecule has 0 atom stereocenters. The Bertz CT molecular complexity index is 664. The number of H-pyrrole nitrogens is 1. The van der Waals surface area contributed by atoms with Crippen LogP contribution in [-0.2, 0) is 6.54 Å². The van der Waals surface area contributed by atoms with Crippen molar-refractivity contribution in [1.82, 2.24) is 10.3 Å². The first-order valence-corrected chi connectivity index (χ1v) is 5.78. The number of hydrogen-bond acceptors (Lipinski definition) is 2. The van der Waals surface area contributed by atoms with Crippen molar-refractivity contribution in [2.75, 3.05) is 0 Å². The van der Waals surface area contributed by atoms with E-state index in [1.165, 1.54) is 24.5 Å². The van der Waals surface area contributed by atoms with Crippen LogP contribution in [0.3, 0.4) is 0 Å². The summed E-state index contributed by atoms with van der Waals surface area (Å²) in [5.41, 5.74) is 0.875. The second kappa shape index (κ2) is 5.48.